The van der Waals surface area contributed by atoms with Crippen LogP contribution in [0.15, 0.2) is 36.1 Å². The largest absolute Gasteiger partial charge is 0.359 e. The van der Waals surface area contributed by atoms with Crippen LogP contribution in [0.3, 0.4) is 0 Å². The minimum atomic E-state index is -0.620. The molecule has 0 saturated carbocycles. The van der Waals surface area contributed by atoms with Gasteiger partial charge in [-0.3, -0.25) is 0 Å². The van der Waals surface area contributed by atoms with Crippen LogP contribution < -0.4 is 0 Å². The van der Waals surface area contributed by atoms with E-state index in [0.29, 0.717) is 0 Å². The summed E-state index contributed by atoms with van der Waals surface area (Å²) in [6, 6.07) is 4.04. The maximum atomic E-state index is 6.14. The van der Waals surface area contributed by atoms with Crippen molar-refractivity contribution in [1.82, 2.24) is 14.6 Å². The Morgan fingerprint density at radius 2 is 2.09 bits per heavy atom. The van der Waals surface area contributed by atoms with Crippen LogP contribution in [0.1, 0.15) is 25.6 Å². The minimum absolute atomic E-state index is 0.153. The predicted octanol–water partition coefficient (Wildman–Crippen LogP) is 2.60. The van der Waals surface area contributed by atoms with Crippen molar-refractivity contribution in [2.75, 3.05) is 6.26 Å². The van der Waals surface area contributed by atoms with E-state index in [0.717, 1.165) is 16.2 Å². The molecule has 0 bridgehead atoms. The molecule has 4 atom stereocenters. The van der Waals surface area contributed by atoms with Crippen molar-refractivity contribution in [3.05, 3.63) is 36.8 Å². The molecule has 122 valence electrons. The second kappa shape index (κ2) is 5.31. The SMILES string of the molecule is C=C[C@H]1O[C@@H](c2ccc3c(SC)ncnn23)[C@@H]2OC(C)(C)O[C@@H]21. The van der Waals surface area contributed by atoms with Crippen LogP contribution in [-0.4, -0.2) is 45.0 Å². The van der Waals surface area contributed by atoms with Gasteiger partial charge < -0.3 is 14.2 Å². The van der Waals surface area contributed by atoms with Gasteiger partial charge in [-0.15, -0.1) is 18.3 Å². The smallest absolute Gasteiger partial charge is 0.164 e. The molecule has 23 heavy (non-hydrogen) atoms. The lowest BCUT2D eigenvalue weighted by Crippen LogP contribution is -2.27. The zero-order valence-corrected chi connectivity index (χ0v) is 14.1. The lowest BCUT2D eigenvalue weighted by atomic mass is 10.1. The van der Waals surface area contributed by atoms with Gasteiger partial charge in [0.05, 0.1) is 11.2 Å². The highest BCUT2D eigenvalue weighted by Crippen LogP contribution is 2.45. The highest BCUT2D eigenvalue weighted by atomic mass is 32.2. The number of fused-ring (bicyclic) bond motifs is 2. The Morgan fingerprint density at radius 1 is 1.30 bits per heavy atom. The fourth-order valence-electron chi connectivity index (χ4n) is 3.36. The summed E-state index contributed by atoms with van der Waals surface area (Å²) in [6.07, 6.45) is 4.56. The van der Waals surface area contributed by atoms with E-state index < -0.39 is 5.79 Å². The van der Waals surface area contributed by atoms with E-state index in [1.54, 1.807) is 24.2 Å². The van der Waals surface area contributed by atoms with Crippen molar-refractivity contribution in [1.29, 1.82) is 0 Å². The molecule has 7 heteroatoms. The molecule has 2 aromatic rings. The van der Waals surface area contributed by atoms with Crippen LogP contribution in [0.2, 0.25) is 0 Å². The first-order valence-electron chi connectivity index (χ1n) is 7.54. The Labute approximate surface area is 138 Å². The van der Waals surface area contributed by atoms with E-state index >= 15 is 0 Å². The summed E-state index contributed by atoms with van der Waals surface area (Å²) >= 11 is 1.59. The van der Waals surface area contributed by atoms with Crippen LogP contribution in [0, 0.1) is 0 Å². The molecule has 4 rings (SSSR count). The van der Waals surface area contributed by atoms with Gasteiger partial charge in [-0.2, -0.15) is 5.10 Å². The lowest BCUT2D eigenvalue weighted by Gasteiger charge is -2.23. The molecular formula is C16H19N3O3S. The summed E-state index contributed by atoms with van der Waals surface area (Å²) in [5.74, 6) is -0.620. The molecule has 0 aliphatic carbocycles. The molecule has 0 radical (unpaired) electrons. The quantitative estimate of drug-likeness (QED) is 0.636. The second-order valence-electron chi connectivity index (χ2n) is 6.15. The zero-order chi connectivity index (χ0) is 16.2. The van der Waals surface area contributed by atoms with E-state index in [1.165, 1.54) is 0 Å². The summed E-state index contributed by atoms with van der Waals surface area (Å²) in [5.41, 5.74) is 1.91. The summed E-state index contributed by atoms with van der Waals surface area (Å²) in [4.78, 5) is 4.30. The Morgan fingerprint density at radius 3 is 2.83 bits per heavy atom. The van der Waals surface area contributed by atoms with Gasteiger partial charge in [-0.05, 0) is 32.2 Å². The third-order valence-corrected chi connectivity index (χ3v) is 4.95. The number of ether oxygens (including phenoxy) is 3. The maximum Gasteiger partial charge on any atom is 0.164 e. The van der Waals surface area contributed by atoms with Crippen LogP contribution in [0.4, 0.5) is 0 Å². The van der Waals surface area contributed by atoms with Gasteiger partial charge in [0.15, 0.2) is 5.79 Å². The molecule has 0 spiro atoms. The van der Waals surface area contributed by atoms with E-state index in [4.69, 9.17) is 14.2 Å². The third-order valence-electron chi connectivity index (χ3n) is 4.25. The van der Waals surface area contributed by atoms with Crippen molar-refractivity contribution in [2.45, 2.75) is 49.1 Å². The molecule has 2 aliphatic rings. The monoisotopic (exact) mass is 333 g/mol. The van der Waals surface area contributed by atoms with Gasteiger partial charge in [0.2, 0.25) is 0 Å². The number of hydrogen-bond donors (Lipinski definition) is 0. The van der Waals surface area contributed by atoms with Gasteiger partial charge in [-0.25, -0.2) is 9.50 Å². The van der Waals surface area contributed by atoms with Gasteiger partial charge >= 0.3 is 0 Å². The first-order valence-corrected chi connectivity index (χ1v) is 8.77. The lowest BCUT2D eigenvalue weighted by molar-refractivity contribution is -0.183. The number of hydrogen-bond acceptors (Lipinski definition) is 6. The standard InChI is InChI=1S/C16H19N3O3S/c1-5-11-13-14(22-16(2,3)21-13)12(20-11)9-6-7-10-15(23-4)17-8-18-19(9)10/h5-8,11-14H,1H2,2-4H3/t11-,12+,13-,14+/m1/s1. The molecule has 2 aromatic heterocycles. The van der Waals surface area contributed by atoms with Crippen LogP contribution in [0.5, 0.6) is 0 Å². The third kappa shape index (κ3) is 2.30. The Balaban J connectivity index is 1.77. The fourth-order valence-corrected chi connectivity index (χ4v) is 3.88. The molecular weight excluding hydrogens is 314 g/mol. The molecule has 0 unspecified atom stereocenters. The Kier molecular flexibility index (Phi) is 3.49. The molecule has 0 aromatic carbocycles. The van der Waals surface area contributed by atoms with Crippen LogP contribution in [0.25, 0.3) is 5.52 Å². The van der Waals surface area contributed by atoms with Crippen molar-refractivity contribution in [2.24, 2.45) is 0 Å². The van der Waals surface area contributed by atoms with Crippen molar-refractivity contribution in [3.8, 4) is 0 Å². The number of nitrogens with zero attached hydrogens (tertiary/aromatic N) is 3. The van der Waals surface area contributed by atoms with Crippen molar-refractivity contribution in [3.63, 3.8) is 0 Å². The normalized spacial score (nSPS) is 32.3. The van der Waals surface area contributed by atoms with Gasteiger partial charge in [0.25, 0.3) is 0 Å². The molecule has 0 amide bonds. The number of thioether (sulfide) groups is 1. The zero-order valence-electron chi connectivity index (χ0n) is 13.3. The highest BCUT2D eigenvalue weighted by molar-refractivity contribution is 7.98. The average Bonchev–Trinajstić information content (AvgIpc) is 3.17. The number of rotatable bonds is 3. The molecule has 2 fully saturated rings. The van der Waals surface area contributed by atoms with E-state index in [1.807, 2.05) is 36.8 Å². The van der Waals surface area contributed by atoms with Crippen LogP contribution >= 0.6 is 11.8 Å². The maximum absolute atomic E-state index is 6.14. The van der Waals surface area contributed by atoms with Crippen LogP contribution in [-0.2, 0) is 14.2 Å². The molecule has 2 saturated heterocycles. The van der Waals surface area contributed by atoms with E-state index in [-0.39, 0.29) is 24.4 Å². The van der Waals surface area contributed by atoms with Gasteiger partial charge in [-0.1, -0.05) is 6.08 Å². The predicted molar refractivity (Wildman–Crippen MR) is 86.4 cm³/mol. The summed E-state index contributed by atoms with van der Waals surface area (Å²) in [7, 11) is 0. The molecule has 2 aliphatic heterocycles. The fraction of sp³-hybridized carbons (Fsp3) is 0.500. The topological polar surface area (TPSA) is 57.9 Å². The minimum Gasteiger partial charge on any atom is -0.359 e. The van der Waals surface area contributed by atoms with E-state index in [9.17, 15) is 0 Å². The van der Waals surface area contributed by atoms with Crippen molar-refractivity contribution >= 4 is 17.3 Å². The summed E-state index contributed by atoms with van der Waals surface area (Å²) in [6.45, 7) is 7.71. The number of aromatic nitrogens is 3. The Hall–Kier alpha value is -1.41. The summed E-state index contributed by atoms with van der Waals surface area (Å²) in [5, 5.41) is 5.32. The average molecular weight is 333 g/mol. The first-order chi connectivity index (χ1) is 11.0. The molecule has 4 heterocycles. The van der Waals surface area contributed by atoms with Gasteiger partial charge in [0, 0.05) is 0 Å². The highest BCUT2D eigenvalue weighted by Gasteiger charge is 2.55. The van der Waals surface area contributed by atoms with Gasteiger partial charge in [0.1, 0.15) is 35.8 Å². The first kappa shape index (κ1) is 15.1. The molecule has 6 nitrogen and oxygen atoms in total. The second-order valence-corrected chi connectivity index (χ2v) is 6.94. The van der Waals surface area contributed by atoms with Crippen molar-refractivity contribution < 1.29 is 14.2 Å². The van der Waals surface area contributed by atoms with E-state index in [2.05, 4.69) is 16.7 Å². The Bertz CT molecular complexity index is 760. The summed E-state index contributed by atoms with van der Waals surface area (Å²) < 4.78 is 20.1. The molecule has 0 N–H and O–H groups in total.